The van der Waals surface area contributed by atoms with Crippen molar-refractivity contribution in [1.82, 2.24) is 15.0 Å². The number of anilines is 2. The molecule has 3 aromatic carbocycles. The number of phenols is 2. The normalized spacial score (nSPS) is 11.7. The van der Waals surface area contributed by atoms with Crippen LogP contribution in [0.2, 0.25) is 10.3 Å². The fourth-order valence-electron chi connectivity index (χ4n) is 3.66. The van der Waals surface area contributed by atoms with Gasteiger partial charge in [0.25, 0.3) is 30.4 Å². The van der Waals surface area contributed by atoms with E-state index in [9.17, 15) is 49.1 Å². The maximum atomic E-state index is 12.3. The van der Waals surface area contributed by atoms with Crippen molar-refractivity contribution in [3.05, 3.63) is 40.6 Å². The average Bonchev–Trinajstić information content (AvgIpc) is 2.87. The minimum Gasteiger partial charge on any atom is -0.505 e. The number of azo groups is 1. The first-order valence-electron chi connectivity index (χ1n) is 11.7. The first-order valence-corrected chi connectivity index (χ1v) is 16.8. The zero-order valence-corrected chi connectivity index (χ0v) is 36.5. The number of aromatic nitrogens is 3. The molecule has 0 fully saturated rings. The summed E-state index contributed by atoms with van der Waals surface area (Å²) in [5, 5.41) is 29.3. The standard InChI is InChI=1S/C22H18Cl2N6O12S3.Cu.3Na/c1-8(2)42-22-27-20(24)26-21(28-22)25-13-6-10(43(33,34)35)3-9-4-15(45(39,40)41)17(19(32)16(9)13)30-29-14-7-11(44(36,37)38)5-12(23)18(14)31;;;;/h3-8,31-32H,1-2H3,(H,33,34,35)(H,36,37,38)(H,39,40,41)(H,25,26,27,28);;;;/q;;3*+1. The molecule has 49 heavy (non-hydrogen) atoms. The van der Waals surface area contributed by atoms with E-state index < -0.39 is 95.5 Å². The summed E-state index contributed by atoms with van der Waals surface area (Å²) >= 11 is 11.7. The molecule has 1 radical (unpaired) electrons. The molecule has 6 N–H and O–H groups in total. The van der Waals surface area contributed by atoms with Crippen LogP contribution in [0, 0.1) is 0 Å². The van der Waals surface area contributed by atoms with E-state index in [1.54, 1.807) is 13.8 Å². The Bertz CT molecular complexity index is 2260. The van der Waals surface area contributed by atoms with Crippen molar-refractivity contribution in [2.45, 2.75) is 34.6 Å². The van der Waals surface area contributed by atoms with E-state index in [0.29, 0.717) is 18.2 Å². The number of hydrogen-bond donors (Lipinski definition) is 6. The number of rotatable bonds is 9. The van der Waals surface area contributed by atoms with E-state index in [2.05, 4.69) is 30.5 Å². The smallest absolute Gasteiger partial charge is 0.505 e. The number of nitrogens with zero attached hydrogens (tertiary/aromatic N) is 5. The molecule has 0 bridgehead atoms. The Balaban J connectivity index is 0.00000576. The number of halogens is 2. The minimum absolute atomic E-state index is 0. The average molecular weight is 858 g/mol. The van der Waals surface area contributed by atoms with Crippen molar-refractivity contribution < 1.29 is 160 Å². The number of aromatic hydroxyl groups is 2. The molecule has 0 aliphatic heterocycles. The predicted octanol–water partition coefficient (Wildman–Crippen LogP) is -4.56. The van der Waals surface area contributed by atoms with Gasteiger partial charge in [-0.2, -0.15) is 40.2 Å². The number of benzene rings is 3. The summed E-state index contributed by atoms with van der Waals surface area (Å²) in [7, 11) is -15.1. The molecular formula is C22H18Cl2CuN6Na3O12S3+3. The fraction of sp³-hybridized carbons (Fsp3) is 0.136. The van der Waals surface area contributed by atoms with Crippen LogP contribution in [-0.2, 0) is 47.4 Å². The van der Waals surface area contributed by atoms with Gasteiger partial charge in [-0.15, -0.1) is 10.2 Å². The van der Waals surface area contributed by atoms with Gasteiger partial charge < -0.3 is 20.3 Å². The largest absolute Gasteiger partial charge is 1.00 e. The Kier molecular flexibility index (Phi) is 18.4. The van der Waals surface area contributed by atoms with E-state index in [1.807, 2.05) is 0 Å². The Hall–Kier alpha value is -0.441. The second-order valence-electron chi connectivity index (χ2n) is 9.04. The SMILES string of the molecule is CC(C)Oc1nc(Cl)nc(Nc2cc(S(=O)(=O)O)cc3cc(S(=O)(=O)O)c(N=Nc4cc(S(=O)(=O)O)cc(Cl)c4O)c(O)c23)n1.[Cu].[Na+].[Na+].[Na+]. The molecule has 0 spiro atoms. The summed E-state index contributed by atoms with van der Waals surface area (Å²) in [6.45, 7) is 3.31. The van der Waals surface area contributed by atoms with Crippen LogP contribution in [0.15, 0.2) is 55.2 Å². The molecule has 0 saturated carbocycles. The van der Waals surface area contributed by atoms with Crippen LogP contribution < -0.4 is 98.7 Å². The van der Waals surface area contributed by atoms with Gasteiger partial charge in [-0.3, -0.25) is 13.7 Å². The number of nitrogens with one attached hydrogen (secondary N) is 1. The quantitative estimate of drug-likeness (QED) is 0.0525. The fourth-order valence-corrected chi connectivity index (χ4v) is 5.82. The van der Waals surface area contributed by atoms with E-state index >= 15 is 0 Å². The van der Waals surface area contributed by atoms with Gasteiger partial charge in [-0.25, -0.2) is 0 Å². The van der Waals surface area contributed by atoms with Crippen LogP contribution in [0.5, 0.6) is 17.5 Å². The second-order valence-corrected chi connectivity index (χ2v) is 14.0. The maximum absolute atomic E-state index is 12.3. The predicted molar refractivity (Wildman–Crippen MR) is 156 cm³/mol. The molecule has 1 heterocycles. The van der Waals surface area contributed by atoms with Gasteiger partial charge in [0, 0.05) is 22.5 Å². The summed E-state index contributed by atoms with van der Waals surface area (Å²) in [6.07, 6.45) is -0.414. The summed E-state index contributed by atoms with van der Waals surface area (Å²) in [6, 6.07) is 3.23. The van der Waals surface area contributed by atoms with Crippen LogP contribution in [0.3, 0.4) is 0 Å². The van der Waals surface area contributed by atoms with Gasteiger partial charge >= 0.3 is 94.7 Å². The Labute approximate surface area is 365 Å². The molecule has 251 valence electrons. The van der Waals surface area contributed by atoms with Gasteiger partial charge in [0.05, 0.1) is 26.6 Å². The third-order valence-electron chi connectivity index (χ3n) is 5.45. The van der Waals surface area contributed by atoms with Crippen LogP contribution >= 0.6 is 23.2 Å². The second kappa shape index (κ2) is 18.5. The molecule has 1 aromatic heterocycles. The molecule has 4 rings (SSSR count). The molecule has 0 aliphatic carbocycles. The summed E-state index contributed by atoms with van der Waals surface area (Å²) in [4.78, 5) is 8.80. The molecule has 4 aromatic rings. The zero-order chi connectivity index (χ0) is 33.6. The Morgan fingerprint density at radius 1 is 0.776 bits per heavy atom. The number of ether oxygens (including phenoxy) is 1. The van der Waals surface area contributed by atoms with Crippen molar-refractivity contribution in [1.29, 1.82) is 0 Å². The Morgan fingerprint density at radius 2 is 1.35 bits per heavy atom. The molecule has 0 atom stereocenters. The van der Waals surface area contributed by atoms with Crippen LogP contribution in [0.4, 0.5) is 23.0 Å². The monoisotopic (exact) mass is 856 g/mol. The molecule has 0 saturated heterocycles. The molecule has 0 amide bonds. The summed E-state index contributed by atoms with van der Waals surface area (Å²) in [5.74, 6) is -2.32. The van der Waals surface area contributed by atoms with Gasteiger partial charge in [0.2, 0.25) is 11.2 Å². The third-order valence-corrected chi connectivity index (χ3v) is 8.43. The molecule has 0 aliphatic rings. The topological polar surface area (TPSA) is 288 Å². The van der Waals surface area contributed by atoms with Crippen molar-refractivity contribution in [2.75, 3.05) is 5.32 Å². The van der Waals surface area contributed by atoms with E-state index in [1.165, 1.54) is 0 Å². The number of hydrogen-bond acceptors (Lipinski definition) is 15. The number of fused-ring (bicyclic) bond motifs is 1. The zero-order valence-electron chi connectivity index (χ0n) is 25.6. The Morgan fingerprint density at radius 3 is 1.88 bits per heavy atom. The van der Waals surface area contributed by atoms with Crippen molar-refractivity contribution in [3.63, 3.8) is 0 Å². The van der Waals surface area contributed by atoms with E-state index in [0.717, 1.165) is 12.1 Å². The van der Waals surface area contributed by atoms with Crippen molar-refractivity contribution >= 4 is 87.3 Å². The van der Waals surface area contributed by atoms with Crippen molar-refractivity contribution in [2.24, 2.45) is 10.2 Å². The first kappa shape index (κ1) is 48.6. The number of phenolic OH excluding ortho intramolecular Hbond substituents is 2. The maximum Gasteiger partial charge on any atom is 1.00 e. The third kappa shape index (κ3) is 12.0. The minimum atomic E-state index is -5.28. The van der Waals surface area contributed by atoms with Gasteiger partial charge in [-0.05, 0) is 61.2 Å². The van der Waals surface area contributed by atoms with Crippen LogP contribution in [0.25, 0.3) is 10.8 Å². The van der Waals surface area contributed by atoms with Crippen LogP contribution in [-0.4, -0.2) is 70.2 Å². The summed E-state index contributed by atoms with van der Waals surface area (Å²) in [5.41, 5.74) is -2.13. The molecule has 0 unspecified atom stereocenters. The molecule has 18 nitrogen and oxygen atoms in total. The van der Waals surface area contributed by atoms with Gasteiger partial charge in [0.15, 0.2) is 11.5 Å². The van der Waals surface area contributed by atoms with Gasteiger partial charge in [0.1, 0.15) is 16.3 Å². The molecular weight excluding hydrogens is 840 g/mol. The van der Waals surface area contributed by atoms with E-state index in [-0.39, 0.29) is 123 Å². The molecule has 27 heteroatoms. The van der Waals surface area contributed by atoms with Crippen molar-refractivity contribution in [3.8, 4) is 17.5 Å². The first-order chi connectivity index (χ1) is 20.6. The van der Waals surface area contributed by atoms with Crippen LogP contribution in [0.1, 0.15) is 13.8 Å². The van der Waals surface area contributed by atoms with Gasteiger partial charge in [-0.1, -0.05) is 11.6 Å². The van der Waals surface area contributed by atoms with E-state index in [4.69, 9.17) is 27.9 Å². The summed E-state index contributed by atoms with van der Waals surface area (Å²) < 4.78 is 106.